The first-order chi connectivity index (χ1) is 16.2. The van der Waals surface area contributed by atoms with Gasteiger partial charge in [0.25, 0.3) is 10.0 Å². The lowest BCUT2D eigenvalue weighted by atomic mass is 10.2. The van der Waals surface area contributed by atoms with Crippen molar-refractivity contribution < 1.29 is 13.2 Å². The minimum atomic E-state index is -4.02. The lowest BCUT2D eigenvalue weighted by Crippen LogP contribution is -2.24. The lowest BCUT2D eigenvalue weighted by molar-refractivity contribution is 0.262. The largest absolute Gasteiger partial charge is 0.370 e. The highest BCUT2D eigenvalue weighted by Gasteiger charge is 2.22. The fourth-order valence-electron chi connectivity index (χ4n) is 3.65. The first kappa shape index (κ1) is 24.5. The molecule has 0 radical (unpaired) electrons. The van der Waals surface area contributed by atoms with Crippen LogP contribution in [0.1, 0.15) is 12.8 Å². The van der Waals surface area contributed by atoms with Gasteiger partial charge in [-0.15, -0.1) is 0 Å². The van der Waals surface area contributed by atoms with Gasteiger partial charge in [0.15, 0.2) is 0 Å². The number of rotatable bonds is 6. The molecule has 0 saturated carbocycles. The van der Waals surface area contributed by atoms with Gasteiger partial charge < -0.3 is 15.5 Å². The maximum atomic E-state index is 13.1. The highest BCUT2D eigenvalue weighted by Crippen LogP contribution is 2.33. The minimum Gasteiger partial charge on any atom is -0.370 e. The van der Waals surface area contributed by atoms with E-state index < -0.39 is 16.1 Å². The van der Waals surface area contributed by atoms with Crippen LogP contribution in [0, 0.1) is 0 Å². The summed E-state index contributed by atoms with van der Waals surface area (Å²) >= 11 is 18.1. The Morgan fingerprint density at radius 2 is 1.56 bits per heavy atom. The number of nitrogens with one attached hydrogen (secondary N) is 3. The molecule has 4 rings (SSSR count). The monoisotopic (exact) mass is 538 g/mol. The first-order valence-corrected chi connectivity index (χ1v) is 13.0. The van der Waals surface area contributed by atoms with E-state index in [2.05, 4.69) is 20.3 Å². The summed E-state index contributed by atoms with van der Waals surface area (Å²) in [5, 5.41) is 6.52. The van der Waals surface area contributed by atoms with Crippen molar-refractivity contribution >= 4 is 73.6 Å². The van der Waals surface area contributed by atoms with Gasteiger partial charge in [0.05, 0.1) is 27.0 Å². The molecule has 0 unspecified atom stereocenters. The standard InChI is InChI=1S/C23H21Cl3N4O3S/c24-15-4-3-5-17(12-15)27-23(31)28-21-14-18(7-9-22(21)30-10-1-2-11-30)34(32,33)29-20-13-16(25)6-8-19(20)26/h3-9,12-14,29H,1-2,10-11H2,(H2,27,28,31). The Balaban J connectivity index is 1.63. The molecule has 1 aliphatic rings. The van der Waals surface area contributed by atoms with E-state index in [1.54, 1.807) is 36.4 Å². The fraction of sp³-hybridized carbons (Fsp3) is 0.174. The van der Waals surface area contributed by atoms with Gasteiger partial charge in [0.1, 0.15) is 0 Å². The van der Waals surface area contributed by atoms with Crippen molar-refractivity contribution in [3.8, 4) is 0 Å². The summed E-state index contributed by atoms with van der Waals surface area (Å²) in [5.41, 5.74) is 1.76. The molecule has 0 spiro atoms. The number of carbonyl (C=O) groups excluding carboxylic acids is 1. The number of urea groups is 1. The summed E-state index contributed by atoms with van der Waals surface area (Å²) in [5.74, 6) is 0. The SMILES string of the molecule is O=C(Nc1cccc(Cl)c1)Nc1cc(S(=O)(=O)Nc2cc(Cl)ccc2Cl)ccc1N1CCCC1. The molecule has 0 atom stereocenters. The van der Waals surface area contributed by atoms with Crippen LogP contribution in [0.2, 0.25) is 15.1 Å². The van der Waals surface area contributed by atoms with E-state index in [-0.39, 0.29) is 15.6 Å². The number of sulfonamides is 1. The maximum Gasteiger partial charge on any atom is 0.323 e. The molecule has 1 fully saturated rings. The Labute approximate surface area is 213 Å². The van der Waals surface area contributed by atoms with Crippen molar-refractivity contribution in [3.63, 3.8) is 0 Å². The van der Waals surface area contributed by atoms with Gasteiger partial charge in [-0.05, 0) is 67.4 Å². The van der Waals surface area contributed by atoms with Crippen LogP contribution in [-0.2, 0) is 10.0 Å². The normalized spacial score (nSPS) is 13.6. The molecule has 0 aliphatic carbocycles. The Kier molecular flexibility index (Phi) is 7.42. The van der Waals surface area contributed by atoms with Crippen LogP contribution in [0.4, 0.5) is 27.5 Å². The quantitative estimate of drug-likeness (QED) is 0.325. The number of hydrogen-bond acceptors (Lipinski definition) is 4. The molecule has 1 saturated heterocycles. The van der Waals surface area contributed by atoms with Crippen molar-refractivity contribution in [2.45, 2.75) is 17.7 Å². The van der Waals surface area contributed by atoms with Gasteiger partial charge in [-0.25, -0.2) is 13.2 Å². The van der Waals surface area contributed by atoms with Crippen LogP contribution in [0.15, 0.2) is 65.6 Å². The van der Waals surface area contributed by atoms with Crippen LogP contribution in [0.25, 0.3) is 0 Å². The van der Waals surface area contributed by atoms with E-state index >= 15 is 0 Å². The van der Waals surface area contributed by atoms with Crippen LogP contribution in [0.3, 0.4) is 0 Å². The van der Waals surface area contributed by atoms with Gasteiger partial charge in [0, 0.05) is 28.8 Å². The molecule has 3 aromatic carbocycles. The van der Waals surface area contributed by atoms with Gasteiger partial charge in [-0.2, -0.15) is 0 Å². The van der Waals surface area contributed by atoms with Crippen LogP contribution >= 0.6 is 34.8 Å². The minimum absolute atomic E-state index is 0.0375. The first-order valence-electron chi connectivity index (χ1n) is 10.4. The Bertz CT molecular complexity index is 1330. The average molecular weight is 540 g/mol. The summed E-state index contributed by atoms with van der Waals surface area (Å²) in [6.07, 6.45) is 2.03. The summed E-state index contributed by atoms with van der Waals surface area (Å²) in [4.78, 5) is 14.8. The smallest absolute Gasteiger partial charge is 0.323 e. The topological polar surface area (TPSA) is 90.5 Å². The summed E-state index contributed by atoms with van der Waals surface area (Å²) < 4.78 is 28.6. The molecule has 7 nitrogen and oxygen atoms in total. The molecule has 178 valence electrons. The molecular weight excluding hydrogens is 519 g/mol. The van der Waals surface area contributed by atoms with E-state index in [1.165, 1.54) is 24.3 Å². The molecule has 2 amide bonds. The number of halogens is 3. The molecule has 3 N–H and O–H groups in total. The number of benzene rings is 3. The van der Waals surface area contributed by atoms with E-state index in [1.807, 2.05) is 0 Å². The predicted octanol–water partition coefficient (Wildman–Crippen LogP) is 6.69. The molecule has 11 heteroatoms. The highest BCUT2D eigenvalue weighted by molar-refractivity contribution is 7.92. The Hall–Kier alpha value is -2.65. The molecule has 0 aromatic heterocycles. The number of nitrogens with zero attached hydrogens (tertiary/aromatic N) is 1. The summed E-state index contributed by atoms with van der Waals surface area (Å²) in [6, 6.07) is 15.3. The Morgan fingerprint density at radius 1 is 0.824 bits per heavy atom. The van der Waals surface area contributed by atoms with Crippen molar-refractivity contribution in [2.75, 3.05) is 33.3 Å². The zero-order valence-corrected chi connectivity index (χ0v) is 20.9. The van der Waals surface area contributed by atoms with Crippen molar-refractivity contribution in [2.24, 2.45) is 0 Å². The molecule has 1 aliphatic heterocycles. The fourth-order valence-corrected chi connectivity index (χ4v) is 5.33. The highest BCUT2D eigenvalue weighted by atomic mass is 35.5. The summed E-state index contributed by atoms with van der Waals surface area (Å²) in [7, 11) is -4.02. The molecule has 34 heavy (non-hydrogen) atoms. The van der Waals surface area contributed by atoms with Crippen LogP contribution in [0.5, 0.6) is 0 Å². The van der Waals surface area contributed by atoms with Crippen molar-refractivity contribution in [3.05, 3.63) is 75.7 Å². The van der Waals surface area contributed by atoms with E-state index in [9.17, 15) is 13.2 Å². The second-order valence-electron chi connectivity index (χ2n) is 7.69. The van der Waals surface area contributed by atoms with Crippen molar-refractivity contribution in [1.82, 2.24) is 0 Å². The van der Waals surface area contributed by atoms with Crippen LogP contribution < -0.4 is 20.3 Å². The Morgan fingerprint density at radius 3 is 2.29 bits per heavy atom. The molecule has 0 bridgehead atoms. The van der Waals surface area contributed by atoms with Crippen LogP contribution in [-0.4, -0.2) is 27.5 Å². The number of hydrogen-bond donors (Lipinski definition) is 3. The average Bonchev–Trinajstić information content (AvgIpc) is 3.31. The van der Waals surface area contributed by atoms with E-state index in [0.29, 0.717) is 21.4 Å². The number of anilines is 4. The maximum absolute atomic E-state index is 13.1. The lowest BCUT2D eigenvalue weighted by Gasteiger charge is -2.22. The third-order valence-electron chi connectivity index (χ3n) is 5.23. The van der Waals surface area contributed by atoms with Gasteiger partial charge in [0.2, 0.25) is 0 Å². The van der Waals surface area contributed by atoms with Gasteiger partial charge in [-0.1, -0.05) is 40.9 Å². The van der Waals surface area contributed by atoms with Crippen molar-refractivity contribution in [1.29, 1.82) is 0 Å². The van der Waals surface area contributed by atoms with E-state index in [0.717, 1.165) is 31.6 Å². The predicted molar refractivity (Wildman–Crippen MR) is 139 cm³/mol. The number of carbonyl (C=O) groups is 1. The second-order valence-corrected chi connectivity index (χ2v) is 10.7. The molecular formula is C23H21Cl3N4O3S. The van der Waals surface area contributed by atoms with Gasteiger partial charge >= 0.3 is 6.03 Å². The third-order valence-corrected chi connectivity index (χ3v) is 7.39. The molecule has 3 aromatic rings. The van der Waals surface area contributed by atoms with E-state index in [4.69, 9.17) is 34.8 Å². The number of amides is 2. The zero-order chi connectivity index (χ0) is 24.3. The second kappa shape index (κ2) is 10.3. The molecule has 1 heterocycles. The van der Waals surface area contributed by atoms with Gasteiger partial charge in [-0.3, -0.25) is 4.72 Å². The zero-order valence-electron chi connectivity index (χ0n) is 17.8. The summed E-state index contributed by atoms with van der Waals surface area (Å²) in [6.45, 7) is 1.63. The third kappa shape index (κ3) is 5.88.